The molecule has 4 heteroatoms. The third kappa shape index (κ3) is 2.09. The second-order valence-corrected chi connectivity index (χ2v) is 4.03. The van der Waals surface area contributed by atoms with Gasteiger partial charge in [0.1, 0.15) is 6.07 Å². The number of aromatic nitrogens is 3. The summed E-state index contributed by atoms with van der Waals surface area (Å²) in [5, 5.41) is 13.3. The molecule has 2 aromatic heterocycles. The molecule has 1 aromatic carbocycles. The standard InChI is InChI=1S/C15H10N4/c16-9-13-7-4-8-17-15(13)19-11-14(10-18-19)12-5-2-1-3-6-12/h1-8,10-11H. The molecule has 0 fully saturated rings. The number of rotatable bonds is 2. The van der Waals surface area contributed by atoms with Crippen LogP contribution in [0.2, 0.25) is 0 Å². The second kappa shape index (κ2) is 4.75. The van der Waals surface area contributed by atoms with Crippen LogP contribution in [0.1, 0.15) is 5.56 Å². The largest absolute Gasteiger partial charge is 0.236 e. The van der Waals surface area contributed by atoms with Crippen LogP contribution >= 0.6 is 0 Å². The summed E-state index contributed by atoms with van der Waals surface area (Å²) < 4.78 is 1.63. The molecule has 3 rings (SSSR count). The fourth-order valence-electron chi connectivity index (χ4n) is 1.89. The van der Waals surface area contributed by atoms with E-state index in [1.165, 1.54) is 0 Å². The van der Waals surface area contributed by atoms with Crippen molar-refractivity contribution in [3.05, 3.63) is 66.6 Å². The highest BCUT2D eigenvalue weighted by molar-refractivity contribution is 5.62. The van der Waals surface area contributed by atoms with Crippen LogP contribution in [0.15, 0.2) is 61.1 Å². The van der Waals surface area contributed by atoms with E-state index in [9.17, 15) is 0 Å². The van der Waals surface area contributed by atoms with Gasteiger partial charge in [-0.3, -0.25) is 0 Å². The zero-order valence-electron chi connectivity index (χ0n) is 10.1. The number of nitriles is 1. The lowest BCUT2D eigenvalue weighted by Gasteiger charge is -2.01. The molecule has 0 aliphatic rings. The Balaban J connectivity index is 2.05. The zero-order chi connectivity index (χ0) is 13.1. The van der Waals surface area contributed by atoms with Crippen molar-refractivity contribution in [1.82, 2.24) is 14.8 Å². The molecule has 4 nitrogen and oxygen atoms in total. The minimum absolute atomic E-state index is 0.505. The van der Waals surface area contributed by atoms with E-state index < -0.39 is 0 Å². The van der Waals surface area contributed by atoms with Crippen LogP contribution in [-0.2, 0) is 0 Å². The van der Waals surface area contributed by atoms with E-state index >= 15 is 0 Å². The van der Waals surface area contributed by atoms with Gasteiger partial charge < -0.3 is 0 Å². The van der Waals surface area contributed by atoms with Crippen molar-refractivity contribution in [3.63, 3.8) is 0 Å². The minimum atomic E-state index is 0.505. The van der Waals surface area contributed by atoms with E-state index in [0.717, 1.165) is 11.1 Å². The Morgan fingerprint density at radius 3 is 2.63 bits per heavy atom. The van der Waals surface area contributed by atoms with Crippen molar-refractivity contribution in [3.8, 4) is 23.0 Å². The summed E-state index contributed by atoms with van der Waals surface area (Å²) >= 11 is 0. The molecule has 0 amide bonds. The van der Waals surface area contributed by atoms with E-state index in [1.807, 2.05) is 36.5 Å². The van der Waals surface area contributed by atoms with Crippen molar-refractivity contribution in [2.24, 2.45) is 0 Å². The zero-order valence-corrected chi connectivity index (χ0v) is 10.1. The first-order valence-corrected chi connectivity index (χ1v) is 5.84. The van der Waals surface area contributed by atoms with Gasteiger partial charge in [0.15, 0.2) is 5.82 Å². The quantitative estimate of drug-likeness (QED) is 0.698. The Kier molecular flexibility index (Phi) is 2.79. The maximum absolute atomic E-state index is 9.07. The molecule has 0 unspecified atom stereocenters. The van der Waals surface area contributed by atoms with Crippen molar-refractivity contribution >= 4 is 0 Å². The van der Waals surface area contributed by atoms with Crippen LogP contribution in [0.3, 0.4) is 0 Å². The third-order valence-corrected chi connectivity index (χ3v) is 2.81. The fraction of sp³-hybridized carbons (Fsp3) is 0. The van der Waals surface area contributed by atoms with E-state index in [2.05, 4.69) is 16.2 Å². The first kappa shape index (κ1) is 11.2. The van der Waals surface area contributed by atoms with Gasteiger partial charge >= 0.3 is 0 Å². The van der Waals surface area contributed by atoms with Gasteiger partial charge in [-0.1, -0.05) is 30.3 Å². The molecule has 19 heavy (non-hydrogen) atoms. The van der Waals surface area contributed by atoms with E-state index in [4.69, 9.17) is 5.26 Å². The van der Waals surface area contributed by atoms with Crippen LogP contribution in [0.4, 0.5) is 0 Å². The first-order chi connectivity index (χ1) is 9.38. The van der Waals surface area contributed by atoms with Gasteiger partial charge in [-0.2, -0.15) is 10.4 Å². The predicted molar refractivity (Wildman–Crippen MR) is 71.5 cm³/mol. The van der Waals surface area contributed by atoms with Gasteiger partial charge in [-0.15, -0.1) is 0 Å². The molecule has 0 aliphatic heterocycles. The highest BCUT2D eigenvalue weighted by atomic mass is 15.3. The molecular weight excluding hydrogens is 236 g/mol. The molecule has 0 spiro atoms. The summed E-state index contributed by atoms with van der Waals surface area (Å²) in [7, 11) is 0. The third-order valence-electron chi connectivity index (χ3n) is 2.81. The normalized spacial score (nSPS) is 10.1. The predicted octanol–water partition coefficient (Wildman–Crippen LogP) is 2.81. The summed E-state index contributed by atoms with van der Waals surface area (Å²) in [5.41, 5.74) is 2.59. The number of hydrogen-bond donors (Lipinski definition) is 0. The average Bonchev–Trinajstić information content (AvgIpc) is 2.98. The molecule has 0 aliphatic carbocycles. The lowest BCUT2D eigenvalue weighted by molar-refractivity contribution is 0.843. The van der Waals surface area contributed by atoms with E-state index in [-0.39, 0.29) is 0 Å². The second-order valence-electron chi connectivity index (χ2n) is 4.03. The minimum Gasteiger partial charge on any atom is -0.236 e. The van der Waals surface area contributed by atoms with Crippen LogP contribution in [0.25, 0.3) is 16.9 Å². The molecule has 0 atom stereocenters. The molecule has 0 N–H and O–H groups in total. The van der Waals surface area contributed by atoms with Crippen molar-refractivity contribution in [1.29, 1.82) is 5.26 Å². The summed E-state index contributed by atoms with van der Waals surface area (Å²) in [6.07, 6.45) is 5.30. The van der Waals surface area contributed by atoms with Gasteiger partial charge in [0.2, 0.25) is 0 Å². The monoisotopic (exact) mass is 246 g/mol. The number of benzene rings is 1. The topological polar surface area (TPSA) is 54.5 Å². The Labute approximate surface area is 110 Å². The fourth-order valence-corrected chi connectivity index (χ4v) is 1.89. The molecule has 0 saturated heterocycles. The molecule has 0 saturated carbocycles. The maximum atomic E-state index is 9.07. The Morgan fingerprint density at radius 1 is 1.00 bits per heavy atom. The highest BCUT2D eigenvalue weighted by Crippen LogP contribution is 2.19. The van der Waals surface area contributed by atoms with Gasteiger partial charge in [-0.25, -0.2) is 9.67 Å². The SMILES string of the molecule is N#Cc1cccnc1-n1cc(-c2ccccc2)cn1. The van der Waals surface area contributed by atoms with Crippen molar-refractivity contribution in [2.75, 3.05) is 0 Å². The van der Waals surface area contributed by atoms with E-state index in [0.29, 0.717) is 11.4 Å². The highest BCUT2D eigenvalue weighted by Gasteiger charge is 2.07. The Morgan fingerprint density at radius 2 is 1.84 bits per heavy atom. The molecular formula is C15H10N4. The van der Waals surface area contributed by atoms with Crippen LogP contribution < -0.4 is 0 Å². The summed E-state index contributed by atoms with van der Waals surface area (Å²) in [6, 6.07) is 15.6. The summed E-state index contributed by atoms with van der Waals surface area (Å²) in [5.74, 6) is 0.548. The van der Waals surface area contributed by atoms with Gasteiger partial charge in [0, 0.05) is 18.0 Å². The Bertz CT molecular complexity index is 738. The van der Waals surface area contributed by atoms with Gasteiger partial charge in [0.25, 0.3) is 0 Å². The molecule has 0 radical (unpaired) electrons. The Hall–Kier alpha value is -2.93. The van der Waals surface area contributed by atoms with Gasteiger partial charge in [-0.05, 0) is 17.7 Å². The van der Waals surface area contributed by atoms with E-state index in [1.54, 1.807) is 29.2 Å². The lowest BCUT2D eigenvalue weighted by atomic mass is 10.1. The maximum Gasteiger partial charge on any atom is 0.171 e. The molecule has 90 valence electrons. The van der Waals surface area contributed by atoms with Crippen molar-refractivity contribution < 1.29 is 0 Å². The molecule has 2 heterocycles. The van der Waals surface area contributed by atoms with Crippen LogP contribution in [0, 0.1) is 11.3 Å². The van der Waals surface area contributed by atoms with Crippen LogP contribution in [0.5, 0.6) is 0 Å². The molecule has 0 bridgehead atoms. The first-order valence-electron chi connectivity index (χ1n) is 5.84. The number of hydrogen-bond acceptors (Lipinski definition) is 3. The van der Waals surface area contributed by atoms with Gasteiger partial charge in [0.05, 0.1) is 11.8 Å². The number of nitrogens with zero attached hydrogens (tertiary/aromatic N) is 4. The van der Waals surface area contributed by atoms with Crippen molar-refractivity contribution in [2.45, 2.75) is 0 Å². The summed E-state index contributed by atoms with van der Waals surface area (Å²) in [4.78, 5) is 4.20. The smallest absolute Gasteiger partial charge is 0.171 e. The van der Waals surface area contributed by atoms with Crippen LogP contribution in [-0.4, -0.2) is 14.8 Å². The molecule has 3 aromatic rings. The average molecular weight is 246 g/mol. The lowest BCUT2D eigenvalue weighted by Crippen LogP contribution is -2.00. The summed E-state index contributed by atoms with van der Waals surface area (Å²) in [6.45, 7) is 0. The number of pyridine rings is 1.